The van der Waals surface area contributed by atoms with Crippen LogP contribution in [0.5, 0.6) is 11.5 Å². The van der Waals surface area contributed by atoms with Gasteiger partial charge in [-0.2, -0.15) is 0 Å². The molecule has 0 fully saturated rings. The second kappa shape index (κ2) is 7.23. The minimum atomic E-state index is 0.791. The number of aromatic nitrogens is 1. The summed E-state index contributed by atoms with van der Waals surface area (Å²) >= 11 is 0. The van der Waals surface area contributed by atoms with Crippen molar-refractivity contribution >= 4 is 0 Å². The molecule has 1 aromatic carbocycles. The number of ether oxygens (including phenoxy) is 1. The lowest BCUT2D eigenvalue weighted by atomic mass is 10.1. The molecule has 3 nitrogen and oxygen atoms in total. The van der Waals surface area contributed by atoms with E-state index in [4.69, 9.17) is 4.74 Å². The summed E-state index contributed by atoms with van der Waals surface area (Å²) in [6.45, 7) is 10.3. The predicted octanol–water partition coefficient (Wildman–Crippen LogP) is 4.30. The van der Waals surface area contributed by atoms with Crippen molar-refractivity contribution in [2.45, 2.75) is 40.7 Å². The number of hydrogen-bond acceptors (Lipinski definition) is 3. The van der Waals surface area contributed by atoms with Crippen LogP contribution in [0, 0.1) is 20.8 Å². The lowest BCUT2D eigenvalue weighted by molar-refractivity contribution is 0.474. The Balaban J connectivity index is 2.14. The van der Waals surface area contributed by atoms with Gasteiger partial charge in [0.1, 0.15) is 11.5 Å². The normalized spacial score (nSPS) is 10.7. The largest absolute Gasteiger partial charge is 0.455 e. The van der Waals surface area contributed by atoms with Gasteiger partial charge < -0.3 is 10.1 Å². The zero-order valence-corrected chi connectivity index (χ0v) is 13.4. The zero-order chi connectivity index (χ0) is 15.2. The maximum Gasteiger partial charge on any atom is 0.146 e. The van der Waals surface area contributed by atoms with Gasteiger partial charge in [0.05, 0.1) is 6.20 Å². The van der Waals surface area contributed by atoms with E-state index in [0.29, 0.717) is 0 Å². The molecule has 2 rings (SSSR count). The number of pyridine rings is 1. The third-order valence-corrected chi connectivity index (χ3v) is 3.52. The second-order valence-electron chi connectivity index (χ2n) is 5.51. The number of rotatable bonds is 6. The maximum atomic E-state index is 6.03. The highest BCUT2D eigenvalue weighted by Crippen LogP contribution is 2.28. The molecule has 0 amide bonds. The van der Waals surface area contributed by atoms with Crippen LogP contribution in [0.4, 0.5) is 0 Å². The number of hydrogen-bond donors (Lipinski definition) is 1. The van der Waals surface area contributed by atoms with Gasteiger partial charge in [0, 0.05) is 12.7 Å². The zero-order valence-electron chi connectivity index (χ0n) is 13.4. The Bertz CT molecular complexity index is 608. The van der Waals surface area contributed by atoms with Crippen LogP contribution in [0.3, 0.4) is 0 Å². The molecule has 0 spiro atoms. The summed E-state index contributed by atoms with van der Waals surface area (Å²) in [6.07, 6.45) is 4.77. The highest BCUT2D eigenvalue weighted by molar-refractivity contribution is 5.44. The lowest BCUT2D eigenvalue weighted by Gasteiger charge is -2.12. The van der Waals surface area contributed by atoms with Crippen molar-refractivity contribution in [1.82, 2.24) is 10.3 Å². The van der Waals surface area contributed by atoms with E-state index in [2.05, 4.69) is 50.1 Å². The average molecular weight is 284 g/mol. The van der Waals surface area contributed by atoms with Crippen LogP contribution in [0.2, 0.25) is 0 Å². The third-order valence-electron chi connectivity index (χ3n) is 3.52. The van der Waals surface area contributed by atoms with E-state index in [1.165, 1.54) is 16.7 Å². The van der Waals surface area contributed by atoms with Crippen molar-refractivity contribution < 1.29 is 4.74 Å². The van der Waals surface area contributed by atoms with Crippen LogP contribution >= 0.6 is 0 Å². The number of benzene rings is 1. The minimum absolute atomic E-state index is 0.791. The molecule has 0 aliphatic heterocycles. The first-order valence-corrected chi connectivity index (χ1v) is 7.50. The third kappa shape index (κ3) is 4.30. The van der Waals surface area contributed by atoms with E-state index in [1.807, 2.05) is 12.3 Å². The minimum Gasteiger partial charge on any atom is -0.455 e. The van der Waals surface area contributed by atoms with Gasteiger partial charge in [-0.25, -0.2) is 0 Å². The molecular formula is C18H24N2O. The van der Waals surface area contributed by atoms with E-state index in [0.717, 1.165) is 36.6 Å². The Kier molecular flexibility index (Phi) is 5.34. The SMILES string of the molecule is CCCNCc1cncc(Oc2cc(C)cc(C)c2C)c1. The van der Waals surface area contributed by atoms with Gasteiger partial charge in [0.25, 0.3) is 0 Å². The maximum absolute atomic E-state index is 6.03. The van der Waals surface area contributed by atoms with Crippen molar-refractivity contribution in [1.29, 1.82) is 0 Å². The summed E-state index contributed by atoms with van der Waals surface area (Å²) in [6, 6.07) is 6.29. The quantitative estimate of drug-likeness (QED) is 0.803. The summed E-state index contributed by atoms with van der Waals surface area (Å²) in [7, 11) is 0. The predicted molar refractivity (Wildman–Crippen MR) is 87.0 cm³/mol. The van der Waals surface area contributed by atoms with Gasteiger partial charge in [-0.05, 0) is 68.1 Å². The van der Waals surface area contributed by atoms with Crippen molar-refractivity contribution in [2.75, 3.05) is 6.54 Å². The Hall–Kier alpha value is -1.87. The van der Waals surface area contributed by atoms with Gasteiger partial charge in [0.15, 0.2) is 0 Å². The van der Waals surface area contributed by atoms with Crippen LogP contribution in [0.25, 0.3) is 0 Å². The molecule has 0 unspecified atom stereocenters. The average Bonchev–Trinajstić information content (AvgIpc) is 2.45. The topological polar surface area (TPSA) is 34.2 Å². The van der Waals surface area contributed by atoms with Gasteiger partial charge in [0.2, 0.25) is 0 Å². The Morgan fingerprint density at radius 2 is 1.90 bits per heavy atom. The van der Waals surface area contributed by atoms with E-state index < -0.39 is 0 Å². The Labute approximate surface area is 127 Å². The fraction of sp³-hybridized carbons (Fsp3) is 0.389. The first-order chi connectivity index (χ1) is 10.1. The van der Waals surface area contributed by atoms with Crippen LogP contribution in [-0.2, 0) is 6.54 Å². The molecule has 1 heterocycles. The molecule has 0 bridgehead atoms. The smallest absolute Gasteiger partial charge is 0.146 e. The van der Waals surface area contributed by atoms with Crippen LogP contribution < -0.4 is 10.1 Å². The molecule has 0 aliphatic carbocycles. The number of nitrogens with zero attached hydrogens (tertiary/aromatic N) is 1. The summed E-state index contributed by atoms with van der Waals surface area (Å²) in [5.41, 5.74) is 4.78. The van der Waals surface area contributed by atoms with E-state index in [1.54, 1.807) is 6.20 Å². The van der Waals surface area contributed by atoms with Crippen molar-refractivity contribution in [3.8, 4) is 11.5 Å². The second-order valence-corrected chi connectivity index (χ2v) is 5.51. The summed E-state index contributed by atoms with van der Waals surface area (Å²) in [5.74, 6) is 1.70. The first-order valence-electron chi connectivity index (χ1n) is 7.50. The molecule has 0 atom stereocenters. The van der Waals surface area contributed by atoms with Crippen molar-refractivity contribution in [2.24, 2.45) is 0 Å². The highest BCUT2D eigenvalue weighted by Gasteiger charge is 2.06. The molecule has 0 saturated heterocycles. The lowest BCUT2D eigenvalue weighted by Crippen LogP contribution is -2.13. The summed E-state index contributed by atoms with van der Waals surface area (Å²) in [5, 5.41) is 3.38. The fourth-order valence-corrected chi connectivity index (χ4v) is 2.26. The molecular weight excluding hydrogens is 260 g/mol. The van der Waals surface area contributed by atoms with Gasteiger partial charge >= 0.3 is 0 Å². The van der Waals surface area contributed by atoms with Crippen LogP contribution in [0.15, 0.2) is 30.6 Å². The first kappa shape index (κ1) is 15.5. The molecule has 2 aromatic rings. The standard InChI is InChI=1S/C18H24N2O/c1-5-6-19-10-16-9-17(12-20-11-16)21-18-8-13(2)7-14(3)15(18)4/h7-9,11-12,19H,5-6,10H2,1-4H3. The van der Waals surface area contributed by atoms with Gasteiger partial charge in [-0.15, -0.1) is 0 Å². The van der Waals surface area contributed by atoms with Crippen LogP contribution in [0.1, 0.15) is 35.6 Å². The van der Waals surface area contributed by atoms with Crippen molar-refractivity contribution in [3.05, 3.63) is 52.8 Å². The molecule has 112 valence electrons. The summed E-state index contributed by atoms with van der Waals surface area (Å²) in [4.78, 5) is 4.27. The monoisotopic (exact) mass is 284 g/mol. The van der Waals surface area contributed by atoms with E-state index in [9.17, 15) is 0 Å². The van der Waals surface area contributed by atoms with E-state index >= 15 is 0 Å². The van der Waals surface area contributed by atoms with Gasteiger partial charge in [-0.1, -0.05) is 13.0 Å². The van der Waals surface area contributed by atoms with E-state index in [-0.39, 0.29) is 0 Å². The number of aryl methyl sites for hydroxylation is 2. The molecule has 1 aromatic heterocycles. The van der Waals surface area contributed by atoms with Crippen molar-refractivity contribution in [3.63, 3.8) is 0 Å². The molecule has 0 aliphatic rings. The Morgan fingerprint density at radius 1 is 1.10 bits per heavy atom. The molecule has 1 N–H and O–H groups in total. The molecule has 0 saturated carbocycles. The highest BCUT2D eigenvalue weighted by atomic mass is 16.5. The fourth-order valence-electron chi connectivity index (χ4n) is 2.26. The van der Waals surface area contributed by atoms with Crippen LogP contribution in [-0.4, -0.2) is 11.5 Å². The molecule has 3 heteroatoms. The molecule has 21 heavy (non-hydrogen) atoms. The molecule has 0 radical (unpaired) electrons. The van der Waals surface area contributed by atoms with Gasteiger partial charge in [-0.3, -0.25) is 4.98 Å². The Morgan fingerprint density at radius 3 is 2.67 bits per heavy atom. The number of nitrogens with one attached hydrogen (secondary N) is 1. The summed E-state index contributed by atoms with van der Waals surface area (Å²) < 4.78 is 6.03.